The molecule has 0 bridgehead atoms. The third-order valence-corrected chi connectivity index (χ3v) is 4.76. The van der Waals surface area contributed by atoms with Crippen molar-refractivity contribution in [2.75, 3.05) is 20.8 Å². The Morgan fingerprint density at radius 3 is 2.67 bits per heavy atom. The highest BCUT2D eigenvalue weighted by Gasteiger charge is 2.38. The molecule has 158 valence electrons. The Hall–Kier alpha value is -3.62. The van der Waals surface area contributed by atoms with Crippen LogP contribution in [0.5, 0.6) is 11.5 Å². The number of amides is 4. The average Bonchev–Trinajstić information content (AvgIpc) is 3.03. The van der Waals surface area contributed by atoms with Gasteiger partial charge in [-0.3, -0.25) is 19.5 Å². The van der Waals surface area contributed by atoms with Gasteiger partial charge in [-0.2, -0.15) is 0 Å². The minimum Gasteiger partial charge on any atom is -0.493 e. The molecule has 30 heavy (non-hydrogen) atoms. The number of rotatable bonds is 9. The number of hydrogen-bond donors (Lipinski definition) is 2. The summed E-state index contributed by atoms with van der Waals surface area (Å²) in [5, 5.41) is 5.28. The van der Waals surface area contributed by atoms with E-state index in [0.29, 0.717) is 23.6 Å². The van der Waals surface area contributed by atoms with Crippen LogP contribution in [0.1, 0.15) is 17.7 Å². The van der Waals surface area contributed by atoms with Crippen LogP contribution in [0, 0.1) is 0 Å². The van der Waals surface area contributed by atoms with E-state index in [0.717, 1.165) is 10.5 Å². The van der Waals surface area contributed by atoms with Crippen LogP contribution < -0.4 is 20.1 Å². The van der Waals surface area contributed by atoms with Crippen molar-refractivity contribution < 1.29 is 23.9 Å². The number of hydrogen-bond acceptors (Lipinski definition) is 6. The van der Waals surface area contributed by atoms with Crippen LogP contribution in [0.2, 0.25) is 0 Å². The maximum atomic E-state index is 12.6. The van der Waals surface area contributed by atoms with Crippen molar-refractivity contribution in [1.29, 1.82) is 0 Å². The molecule has 3 rings (SSSR count). The van der Waals surface area contributed by atoms with Gasteiger partial charge in [-0.05, 0) is 36.2 Å². The largest absolute Gasteiger partial charge is 0.493 e. The Bertz CT molecular complexity index is 919. The third kappa shape index (κ3) is 5.05. The number of nitrogens with one attached hydrogen (secondary N) is 2. The molecule has 1 atom stereocenters. The molecule has 0 radical (unpaired) electrons. The van der Waals surface area contributed by atoms with Gasteiger partial charge in [0.25, 0.3) is 5.91 Å². The lowest BCUT2D eigenvalue weighted by Crippen LogP contribution is -2.36. The maximum Gasteiger partial charge on any atom is 0.324 e. The molecule has 0 aliphatic carbocycles. The van der Waals surface area contributed by atoms with Crippen LogP contribution in [-0.4, -0.2) is 54.5 Å². The molecule has 1 aliphatic heterocycles. The van der Waals surface area contributed by atoms with E-state index in [1.807, 2.05) is 12.1 Å². The summed E-state index contributed by atoms with van der Waals surface area (Å²) in [6.07, 6.45) is 1.97. The minimum atomic E-state index is -0.869. The van der Waals surface area contributed by atoms with Crippen LogP contribution in [0.25, 0.3) is 0 Å². The average molecular weight is 412 g/mol. The van der Waals surface area contributed by atoms with Crippen molar-refractivity contribution in [3.8, 4) is 11.5 Å². The van der Waals surface area contributed by atoms with Gasteiger partial charge in [-0.1, -0.05) is 12.1 Å². The first kappa shape index (κ1) is 21.1. The van der Waals surface area contributed by atoms with Crippen LogP contribution >= 0.6 is 0 Å². The summed E-state index contributed by atoms with van der Waals surface area (Å²) in [6.45, 7) is 0.462. The maximum absolute atomic E-state index is 12.6. The Balaban J connectivity index is 1.52. The Morgan fingerprint density at radius 1 is 1.17 bits per heavy atom. The van der Waals surface area contributed by atoms with E-state index in [9.17, 15) is 14.4 Å². The van der Waals surface area contributed by atoms with Crippen LogP contribution in [-0.2, 0) is 22.6 Å². The highest BCUT2D eigenvalue weighted by atomic mass is 16.5. The predicted octanol–water partition coefficient (Wildman–Crippen LogP) is 1.27. The number of carbonyl (C=O) groups is 3. The summed E-state index contributed by atoms with van der Waals surface area (Å²) in [4.78, 5) is 42.2. The second-order valence-electron chi connectivity index (χ2n) is 6.73. The summed E-state index contributed by atoms with van der Waals surface area (Å²) >= 11 is 0. The molecule has 0 spiro atoms. The Morgan fingerprint density at radius 2 is 1.97 bits per heavy atom. The van der Waals surface area contributed by atoms with Crippen molar-refractivity contribution >= 4 is 17.8 Å². The van der Waals surface area contributed by atoms with Crippen molar-refractivity contribution in [3.05, 3.63) is 53.9 Å². The number of pyridine rings is 1. The Kier molecular flexibility index (Phi) is 6.84. The van der Waals surface area contributed by atoms with Crippen molar-refractivity contribution in [3.63, 3.8) is 0 Å². The second kappa shape index (κ2) is 9.73. The standard InChI is InChI=1S/C21H24N4O5/c1-29-17-7-6-14(11-18(17)30-2)8-10-25-20(27)16(24-21(25)28)12-19(26)23-13-15-5-3-4-9-22-15/h3-7,9,11,16H,8,10,12-13H2,1-2H3,(H,23,26)(H,24,28). The molecule has 1 saturated heterocycles. The van der Waals surface area contributed by atoms with Gasteiger partial charge in [0, 0.05) is 12.7 Å². The van der Waals surface area contributed by atoms with E-state index in [2.05, 4.69) is 15.6 Å². The van der Waals surface area contributed by atoms with Gasteiger partial charge < -0.3 is 20.1 Å². The molecule has 2 heterocycles. The normalized spacial score (nSPS) is 15.7. The lowest BCUT2D eigenvalue weighted by atomic mass is 10.1. The van der Waals surface area contributed by atoms with Crippen LogP contribution in [0.4, 0.5) is 4.79 Å². The molecular formula is C21H24N4O5. The number of urea groups is 1. The first-order chi connectivity index (χ1) is 14.5. The summed E-state index contributed by atoms with van der Waals surface area (Å²) in [6, 6.07) is 9.46. The Labute approximate surface area is 174 Å². The molecule has 9 heteroatoms. The van der Waals surface area contributed by atoms with Crippen LogP contribution in [0.3, 0.4) is 0 Å². The molecule has 1 fully saturated rings. The molecular weight excluding hydrogens is 388 g/mol. The first-order valence-corrected chi connectivity index (χ1v) is 9.51. The zero-order valence-electron chi connectivity index (χ0n) is 16.9. The molecule has 2 aromatic rings. The topological polar surface area (TPSA) is 110 Å². The molecule has 2 N–H and O–H groups in total. The number of imide groups is 1. The van der Waals surface area contributed by atoms with E-state index in [1.54, 1.807) is 44.7 Å². The fourth-order valence-electron chi connectivity index (χ4n) is 3.15. The van der Waals surface area contributed by atoms with E-state index < -0.39 is 18.0 Å². The zero-order valence-corrected chi connectivity index (χ0v) is 16.9. The molecule has 9 nitrogen and oxygen atoms in total. The monoisotopic (exact) mass is 412 g/mol. The first-order valence-electron chi connectivity index (χ1n) is 9.51. The SMILES string of the molecule is COc1ccc(CCN2C(=O)NC(CC(=O)NCc3ccccn3)C2=O)cc1OC. The van der Waals surface area contributed by atoms with Gasteiger partial charge in [0.1, 0.15) is 6.04 Å². The highest BCUT2D eigenvalue weighted by Crippen LogP contribution is 2.27. The summed E-state index contributed by atoms with van der Waals surface area (Å²) < 4.78 is 10.5. The summed E-state index contributed by atoms with van der Waals surface area (Å²) in [5.74, 6) is 0.442. The fraction of sp³-hybridized carbons (Fsp3) is 0.333. The van der Waals surface area contributed by atoms with E-state index in [4.69, 9.17) is 9.47 Å². The fourth-order valence-corrected chi connectivity index (χ4v) is 3.15. The van der Waals surface area contributed by atoms with Gasteiger partial charge in [0.05, 0.1) is 32.9 Å². The van der Waals surface area contributed by atoms with Gasteiger partial charge in [-0.15, -0.1) is 0 Å². The summed E-state index contributed by atoms with van der Waals surface area (Å²) in [5.41, 5.74) is 1.61. The predicted molar refractivity (Wildman–Crippen MR) is 108 cm³/mol. The van der Waals surface area contributed by atoms with E-state index in [-0.39, 0.29) is 25.4 Å². The number of ether oxygens (including phenoxy) is 2. The molecule has 1 aliphatic rings. The van der Waals surface area contributed by atoms with Crippen molar-refractivity contribution in [2.24, 2.45) is 0 Å². The van der Waals surface area contributed by atoms with Gasteiger partial charge in [0.15, 0.2) is 11.5 Å². The quantitative estimate of drug-likeness (QED) is 0.600. The lowest BCUT2D eigenvalue weighted by molar-refractivity contribution is -0.130. The van der Waals surface area contributed by atoms with Gasteiger partial charge >= 0.3 is 6.03 Å². The molecule has 1 unspecified atom stereocenters. The lowest BCUT2D eigenvalue weighted by Gasteiger charge is -2.14. The van der Waals surface area contributed by atoms with Crippen molar-refractivity contribution in [1.82, 2.24) is 20.5 Å². The molecule has 4 amide bonds. The number of methoxy groups -OCH3 is 2. The van der Waals surface area contributed by atoms with Crippen molar-refractivity contribution in [2.45, 2.75) is 25.4 Å². The number of carbonyl (C=O) groups excluding carboxylic acids is 3. The minimum absolute atomic E-state index is 0.121. The smallest absolute Gasteiger partial charge is 0.324 e. The third-order valence-electron chi connectivity index (χ3n) is 4.76. The second-order valence-corrected chi connectivity index (χ2v) is 6.73. The zero-order chi connectivity index (χ0) is 21.5. The van der Waals surface area contributed by atoms with Gasteiger partial charge in [-0.25, -0.2) is 4.79 Å². The molecule has 1 aromatic carbocycles. The van der Waals surface area contributed by atoms with Crippen LogP contribution in [0.15, 0.2) is 42.6 Å². The van der Waals surface area contributed by atoms with E-state index in [1.165, 1.54) is 0 Å². The highest BCUT2D eigenvalue weighted by molar-refractivity contribution is 6.05. The van der Waals surface area contributed by atoms with E-state index >= 15 is 0 Å². The summed E-state index contributed by atoms with van der Waals surface area (Å²) in [7, 11) is 3.10. The number of benzene rings is 1. The number of aromatic nitrogens is 1. The number of nitrogens with zero attached hydrogens (tertiary/aromatic N) is 2. The van der Waals surface area contributed by atoms with Gasteiger partial charge in [0.2, 0.25) is 5.91 Å². The molecule has 0 saturated carbocycles. The molecule has 1 aromatic heterocycles.